The van der Waals surface area contributed by atoms with Crippen LogP contribution in [0.2, 0.25) is 0 Å². The quantitative estimate of drug-likeness (QED) is 0.774. The fourth-order valence-corrected chi connectivity index (χ4v) is 1.33. The molecule has 0 saturated carbocycles. The Morgan fingerprint density at radius 1 is 1.50 bits per heavy atom. The number of halogens is 1. The molecule has 0 amide bonds. The molecule has 0 aromatic heterocycles. The molecule has 1 atom stereocenters. The van der Waals surface area contributed by atoms with E-state index in [9.17, 15) is 9.50 Å². The Labute approximate surface area is 83.6 Å². The number of aromatic hydroxyl groups is 1. The van der Waals surface area contributed by atoms with E-state index in [0.717, 1.165) is 5.56 Å². The summed E-state index contributed by atoms with van der Waals surface area (Å²) in [6.45, 7) is 1.66. The normalized spacial score (nSPS) is 15.1. The third kappa shape index (κ3) is 2.70. The lowest BCUT2D eigenvalue weighted by Crippen LogP contribution is -2.31. The summed E-state index contributed by atoms with van der Waals surface area (Å²) in [5.74, 6) is 0.209. The maximum Gasteiger partial charge on any atom is 0.115 e. The molecule has 1 aromatic rings. The van der Waals surface area contributed by atoms with Gasteiger partial charge in [-0.25, -0.2) is 0 Å². The molecule has 0 aliphatic heterocycles. The summed E-state index contributed by atoms with van der Waals surface area (Å²) >= 11 is 0. The molecule has 2 nitrogen and oxygen atoms in total. The van der Waals surface area contributed by atoms with Crippen molar-refractivity contribution in [3.8, 4) is 5.75 Å². The molecule has 0 fully saturated rings. The molecular weight excluding hydrogens is 181 g/mol. The Morgan fingerprint density at radius 3 is 2.71 bits per heavy atom. The van der Waals surface area contributed by atoms with E-state index in [1.165, 1.54) is 0 Å². The van der Waals surface area contributed by atoms with E-state index < -0.39 is 12.1 Å². The number of rotatable bonds is 4. The summed E-state index contributed by atoms with van der Waals surface area (Å²) in [7, 11) is 0. The highest BCUT2D eigenvalue weighted by molar-refractivity contribution is 5.27. The number of alkyl halides is 1. The molecule has 0 bridgehead atoms. The van der Waals surface area contributed by atoms with Crippen molar-refractivity contribution in [1.29, 1.82) is 0 Å². The summed E-state index contributed by atoms with van der Waals surface area (Å²) in [5.41, 5.74) is 5.89. The minimum atomic E-state index is -0.520. The van der Waals surface area contributed by atoms with Gasteiger partial charge in [-0.05, 0) is 24.1 Å². The van der Waals surface area contributed by atoms with Gasteiger partial charge in [-0.15, -0.1) is 0 Å². The average Bonchev–Trinajstić information content (AvgIpc) is 2.18. The molecule has 1 rings (SSSR count). The monoisotopic (exact) mass is 197 g/mol. The van der Waals surface area contributed by atoms with Crippen molar-refractivity contribution in [2.45, 2.75) is 13.3 Å². The Morgan fingerprint density at radius 2 is 2.21 bits per heavy atom. The van der Waals surface area contributed by atoms with Crippen LogP contribution in [-0.2, 0) is 6.42 Å². The Bertz CT molecular complexity index is 297. The lowest BCUT2D eigenvalue weighted by molar-refractivity contribution is 0.238. The van der Waals surface area contributed by atoms with Gasteiger partial charge in [0.05, 0.1) is 6.67 Å². The van der Waals surface area contributed by atoms with E-state index in [0.29, 0.717) is 13.0 Å². The molecule has 3 heteroatoms. The topological polar surface area (TPSA) is 46.2 Å². The van der Waals surface area contributed by atoms with Crippen LogP contribution in [0.5, 0.6) is 5.75 Å². The molecule has 1 unspecified atom stereocenters. The smallest absolute Gasteiger partial charge is 0.115 e. The fourth-order valence-electron chi connectivity index (χ4n) is 1.33. The van der Waals surface area contributed by atoms with Crippen molar-refractivity contribution in [3.63, 3.8) is 0 Å². The van der Waals surface area contributed by atoms with Crippen molar-refractivity contribution in [2.24, 2.45) is 11.1 Å². The third-order valence-corrected chi connectivity index (χ3v) is 2.36. The predicted molar refractivity (Wildman–Crippen MR) is 54.9 cm³/mol. The lowest BCUT2D eigenvalue weighted by atomic mass is 9.85. The lowest BCUT2D eigenvalue weighted by Gasteiger charge is -2.24. The number of nitrogens with two attached hydrogens (primary N) is 1. The van der Waals surface area contributed by atoms with Gasteiger partial charge in [-0.1, -0.05) is 19.1 Å². The molecular formula is C11H16FNO. The van der Waals surface area contributed by atoms with Gasteiger partial charge in [0.25, 0.3) is 0 Å². The summed E-state index contributed by atoms with van der Waals surface area (Å²) in [4.78, 5) is 0. The summed E-state index contributed by atoms with van der Waals surface area (Å²) < 4.78 is 12.7. The Hall–Kier alpha value is -1.09. The van der Waals surface area contributed by atoms with E-state index in [1.807, 2.05) is 6.07 Å². The minimum Gasteiger partial charge on any atom is -0.508 e. The highest BCUT2D eigenvalue weighted by atomic mass is 19.1. The zero-order valence-corrected chi connectivity index (χ0v) is 8.33. The molecule has 0 aliphatic carbocycles. The van der Waals surface area contributed by atoms with Crippen molar-refractivity contribution >= 4 is 0 Å². The van der Waals surface area contributed by atoms with E-state index in [4.69, 9.17) is 5.73 Å². The molecule has 0 spiro atoms. The standard InChI is InChI=1S/C11H16FNO/c1-11(7-12,8-13)6-9-3-2-4-10(14)5-9/h2-5,14H,6-8,13H2,1H3. The second kappa shape index (κ2) is 4.42. The zero-order chi connectivity index (χ0) is 10.6. The molecule has 78 valence electrons. The minimum absolute atomic E-state index is 0.209. The highest BCUT2D eigenvalue weighted by Crippen LogP contribution is 2.23. The van der Waals surface area contributed by atoms with E-state index in [1.54, 1.807) is 25.1 Å². The summed E-state index contributed by atoms with van der Waals surface area (Å²) in [5, 5.41) is 9.23. The second-order valence-electron chi connectivity index (χ2n) is 4.00. The van der Waals surface area contributed by atoms with Gasteiger partial charge < -0.3 is 10.8 Å². The van der Waals surface area contributed by atoms with Crippen LogP contribution >= 0.6 is 0 Å². The van der Waals surface area contributed by atoms with Crippen LogP contribution in [0.25, 0.3) is 0 Å². The molecule has 1 aromatic carbocycles. The van der Waals surface area contributed by atoms with Crippen molar-refractivity contribution in [2.75, 3.05) is 13.2 Å². The molecule has 0 aliphatic rings. The average molecular weight is 197 g/mol. The van der Waals surface area contributed by atoms with E-state index in [2.05, 4.69) is 0 Å². The van der Waals surface area contributed by atoms with Crippen molar-refractivity contribution < 1.29 is 9.50 Å². The SMILES string of the molecule is CC(CN)(CF)Cc1cccc(O)c1. The molecule has 0 radical (unpaired) electrons. The third-order valence-electron chi connectivity index (χ3n) is 2.36. The van der Waals surface area contributed by atoms with E-state index in [-0.39, 0.29) is 5.75 Å². The van der Waals surface area contributed by atoms with Crippen molar-refractivity contribution in [3.05, 3.63) is 29.8 Å². The van der Waals surface area contributed by atoms with Gasteiger partial charge in [-0.3, -0.25) is 4.39 Å². The highest BCUT2D eigenvalue weighted by Gasteiger charge is 2.22. The van der Waals surface area contributed by atoms with Gasteiger partial charge in [0.1, 0.15) is 5.75 Å². The second-order valence-corrected chi connectivity index (χ2v) is 4.00. The number of benzene rings is 1. The zero-order valence-electron chi connectivity index (χ0n) is 8.33. The Balaban J connectivity index is 2.77. The van der Waals surface area contributed by atoms with Crippen LogP contribution in [0.1, 0.15) is 12.5 Å². The van der Waals surface area contributed by atoms with Gasteiger partial charge in [0.15, 0.2) is 0 Å². The maximum atomic E-state index is 12.7. The van der Waals surface area contributed by atoms with Gasteiger partial charge in [0, 0.05) is 12.0 Å². The van der Waals surface area contributed by atoms with Crippen LogP contribution in [0.3, 0.4) is 0 Å². The number of hydrogen-bond acceptors (Lipinski definition) is 2. The van der Waals surface area contributed by atoms with Crippen molar-refractivity contribution in [1.82, 2.24) is 0 Å². The Kier molecular flexibility index (Phi) is 3.47. The molecule has 14 heavy (non-hydrogen) atoms. The molecule has 0 saturated heterocycles. The first-order valence-corrected chi connectivity index (χ1v) is 4.63. The van der Waals surface area contributed by atoms with Crippen LogP contribution < -0.4 is 5.73 Å². The number of phenols is 1. The van der Waals surface area contributed by atoms with Crippen LogP contribution in [-0.4, -0.2) is 18.3 Å². The predicted octanol–water partition coefficient (Wildman–Crippen LogP) is 1.87. The van der Waals surface area contributed by atoms with Gasteiger partial charge >= 0.3 is 0 Å². The van der Waals surface area contributed by atoms with Gasteiger partial charge in [-0.2, -0.15) is 0 Å². The first kappa shape index (κ1) is 11.0. The van der Waals surface area contributed by atoms with Gasteiger partial charge in [0.2, 0.25) is 0 Å². The molecule has 3 N–H and O–H groups in total. The summed E-state index contributed by atoms with van der Waals surface area (Å²) in [6.07, 6.45) is 0.550. The van der Waals surface area contributed by atoms with E-state index >= 15 is 0 Å². The van der Waals surface area contributed by atoms with Crippen LogP contribution in [0.4, 0.5) is 4.39 Å². The summed E-state index contributed by atoms with van der Waals surface area (Å²) in [6, 6.07) is 6.85. The molecule has 0 heterocycles. The number of phenolic OH excluding ortho intramolecular Hbond substituents is 1. The fraction of sp³-hybridized carbons (Fsp3) is 0.455. The number of hydrogen-bond donors (Lipinski definition) is 2. The largest absolute Gasteiger partial charge is 0.508 e. The van der Waals surface area contributed by atoms with Crippen LogP contribution in [0.15, 0.2) is 24.3 Å². The first-order valence-electron chi connectivity index (χ1n) is 4.63. The van der Waals surface area contributed by atoms with Crippen LogP contribution in [0, 0.1) is 5.41 Å². The maximum absolute atomic E-state index is 12.7. The first-order chi connectivity index (χ1) is 6.59.